The first kappa shape index (κ1) is 13.1. The summed E-state index contributed by atoms with van der Waals surface area (Å²) in [5, 5.41) is 0. The Balaban J connectivity index is 2.05. The normalized spacial score (nSPS) is 19.5. The SMILES string of the molecule is CC(C)c1ccc(C(Br)C2CCOCC2)cc1. The summed E-state index contributed by atoms with van der Waals surface area (Å²) >= 11 is 3.85. The van der Waals surface area contributed by atoms with Gasteiger partial charge in [0, 0.05) is 18.0 Å². The fraction of sp³-hybridized carbons (Fsp3) is 0.600. The van der Waals surface area contributed by atoms with Crippen molar-refractivity contribution in [2.75, 3.05) is 13.2 Å². The van der Waals surface area contributed by atoms with Crippen LogP contribution in [0.5, 0.6) is 0 Å². The largest absolute Gasteiger partial charge is 0.381 e. The summed E-state index contributed by atoms with van der Waals surface area (Å²) in [7, 11) is 0. The van der Waals surface area contributed by atoms with E-state index >= 15 is 0 Å². The highest BCUT2D eigenvalue weighted by Crippen LogP contribution is 2.37. The molecule has 1 aliphatic rings. The van der Waals surface area contributed by atoms with Crippen molar-refractivity contribution >= 4 is 15.9 Å². The number of hydrogen-bond donors (Lipinski definition) is 0. The third-order valence-electron chi connectivity index (χ3n) is 3.60. The molecule has 0 radical (unpaired) electrons. The van der Waals surface area contributed by atoms with Crippen molar-refractivity contribution in [1.29, 1.82) is 0 Å². The third kappa shape index (κ3) is 3.32. The van der Waals surface area contributed by atoms with E-state index in [0.29, 0.717) is 16.7 Å². The van der Waals surface area contributed by atoms with Crippen molar-refractivity contribution in [2.24, 2.45) is 5.92 Å². The van der Waals surface area contributed by atoms with E-state index in [9.17, 15) is 0 Å². The van der Waals surface area contributed by atoms with Gasteiger partial charge in [0.2, 0.25) is 0 Å². The number of halogens is 1. The minimum Gasteiger partial charge on any atom is -0.381 e. The standard InChI is InChI=1S/C15H21BrO/c1-11(2)12-3-5-13(6-4-12)15(16)14-7-9-17-10-8-14/h3-6,11,14-15H,7-10H2,1-2H3. The van der Waals surface area contributed by atoms with Gasteiger partial charge in [0.25, 0.3) is 0 Å². The zero-order valence-corrected chi connectivity index (χ0v) is 12.2. The molecule has 1 fully saturated rings. The Bertz CT molecular complexity index is 338. The fourth-order valence-electron chi connectivity index (χ4n) is 2.35. The molecular weight excluding hydrogens is 276 g/mol. The molecule has 0 amide bonds. The Kier molecular flexibility index (Phi) is 4.63. The van der Waals surface area contributed by atoms with Gasteiger partial charge in [0.05, 0.1) is 0 Å². The van der Waals surface area contributed by atoms with Crippen LogP contribution in [0.15, 0.2) is 24.3 Å². The molecule has 17 heavy (non-hydrogen) atoms. The Morgan fingerprint density at radius 3 is 2.12 bits per heavy atom. The first-order chi connectivity index (χ1) is 8.18. The molecule has 1 aliphatic heterocycles. The molecule has 0 bridgehead atoms. The summed E-state index contributed by atoms with van der Waals surface area (Å²) < 4.78 is 5.42. The van der Waals surface area contributed by atoms with Crippen molar-refractivity contribution in [2.45, 2.75) is 37.4 Å². The second-order valence-electron chi connectivity index (χ2n) is 5.17. The third-order valence-corrected chi connectivity index (χ3v) is 4.88. The van der Waals surface area contributed by atoms with Gasteiger partial charge < -0.3 is 4.74 Å². The Labute approximate surface area is 113 Å². The first-order valence-electron chi connectivity index (χ1n) is 6.50. The number of ether oxygens (including phenoxy) is 1. The summed E-state index contributed by atoms with van der Waals surface area (Å²) in [5.74, 6) is 1.33. The van der Waals surface area contributed by atoms with Crippen LogP contribution in [0.4, 0.5) is 0 Å². The van der Waals surface area contributed by atoms with E-state index in [1.165, 1.54) is 24.0 Å². The van der Waals surface area contributed by atoms with Gasteiger partial charge in [-0.05, 0) is 35.8 Å². The maximum Gasteiger partial charge on any atom is 0.0469 e. The molecule has 1 aromatic rings. The summed E-state index contributed by atoms with van der Waals surface area (Å²) in [4.78, 5) is 0.479. The van der Waals surface area contributed by atoms with Crippen LogP contribution in [-0.2, 0) is 4.74 Å². The van der Waals surface area contributed by atoms with E-state index in [0.717, 1.165) is 13.2 Å². The lowest BCUT2D eigenvalue weighted by Gasteiger charge is -2.27. The Morgan fingerprint density at radius 1 is 1.06 bits per heavy atom. The van der Waals surface area contributed by atoms with Crippen LogP contribution in [-0.4, -0.2) is 13.2 Å². The van der Waals surface area contributed by atoms with Gasteiger partial charge in [-0.3, -0.25) is 0 Å². The van der Waals surface area contributed by atoms with Crippen LogP contribution < -0.4 is 0 Å². The molecule has 1 atom stereocenters. The van der Waals surface area contributed by atoms with E-state index in [-0.39, 0.29) is 0 Å². The van der Waals surface area contributed by atoms with Gasteiger partial charge in [-0.15, -0.1) is 0 Å². The van der Waals surface area contributed by atoms with Crippen LogP contribution >= 0.6 is 15.9 Å². The lowest BCUT2D eigenvalue weighted by atomic mass is 9.91. The van der Waals surface area contributed by atoms with Gasteiger partial charge in [0.15, 0.2) is 0 Å². The molecule has 0 spiro atoms. The maximum absolute atomic E-state index is 5.42. The monoisotopic (exact) mass is 296 g/mol. The van der Waals surface area contributed by atoms with Crippen LogP contribution in [0, 0.1) is 5.92 Å². The van der Waals surface area contributed by atoms with Crippen molar-refractivity contribution in [1.82, 2.24) is 0 Å². The van der Waals surface area contributed by atoms with Gasteiger partial charge in [0.1, 0.15) is 0 Å². The number of benzene rings is 1. The van der Waals surface area contributed by atoms with Crippen LogP contribution in [0.2, 0.25) is 0 Å². The van der Waals surface area contributed by atoms with E-state index in [2.05, 4.69) is 54.0 Å². The minimum atomic E-state index is 0.479. The summed E-state index contributed by atoms with van der Waals surface area (Å²) in [6, 6.07) is 9.05. The minimum absolute atomic E-state index is 0.479. The Morgan fingerprint density at radius 2 is 1.59 bits per heavy atom. The molecule has 1 nitrogen and oxygen atoms in total. The zero-order chi connectivity index (χ0) is 12.3. The lowest BCUT2D eigenvalue weighted by molar-refractivity contribution is 0.0662. The summed E-state index contributed by atoms with van der Waals surface area (Å²) in [6.07, 6.45) is 2.34. The van der Waals surface area contributed by atoms with Crippen LogP contribution in [0.3, 0.4) is 0 Å². The van der Waals surface area contributed by atoms with E-state index < -0.39 is 0 Å². The molecular formula is C15H21BrO. The van der Waals surface area contributed by atoms with Crippen molar-refractivity contribution in [3.63, 3.8) is 0 Å². The molecule has 94 valence electrons. The molecule has 2 heteroatoms. The van der Waals surface area contributed by atoms with E-state index in [4.69, 9.17) is 4.74 Å². The fourth-order valence-corrected chi connectivity index (χ4v) is 3.18. The second kappa shape index (κ2) is 6.01. The topological polar surface area (TPSA) is 9.23 Å². The quantitative estimate of drug-likeness (QED) is 0.736. The molecule has 0 aliphatic carbocycles. The summed E-state index contributed by atoms with van der Waals surface area (Å²) in [5.41, 5.74) is 2.82. The highest BCUT2D eigenvalue weighted by molar-refractivity contribution is 9.09. The number of rotatable bonds is 3. The molecule has 0 aromatic heterocycles. The van der Waals surface area contributed by atoms with Gasteiger partial charge in [-0.1, -0.05) is 54.0 Å². The molecule has 1 heterocycles. The van der Waals surface area contributed by atoms with Gasteiger partial charge >= 0.3 is 0 Å². The molecule has 1 saturated heterocycles. The highest BCUT2D eigenvalue weighted by atomic mass is 79.9. The van der Waals surface area contributed by atoms with Gasteiger partial charge in [-0.25, -0.2) is 0 Å². The lowest BCUT2D eigenvalue weighted by Crippen LogP contribution is -2.19. The maximum atomic E-state index is 5.42. The molecule has 0 N–H and O–H groups in total. The van der Waals surface area contributed by atoms with Crippen molar-refractivity contribution in [3.05, 3.63) is 35.4 Å². The van der Waals surface area contributed by atoms with Crippen molar-refractivity contribution in [3.8, 4) is 0 Å². The predicted molar refractivity (Wildman–Crippen MR) is 75.7 cm³/mol. The predicted octanol–water partition coefficient (Wildman–Crippen LogP) is 4.67. The average molecular weight is 297 g/mol. The van der Waals surface area contributed by atoms with Crippen LogP contribution in [0.1, 0.15) is 48.6 Å². The number of alkyl halides is 1. The summed E-state index contributed by atoms with van der Waals surface area (Å²) in [6.45, 7) is 6.30. The Hall–Kier alpha value is -0.340. The van der Waals surface area contributed by atoms with Crippen LogP contribution in [0.25, 0.3) is 0 Å². The zero-order valence-electron chi connectivity index (χ0n) is 10.7. The molecule has 1 aromatic carbocycles. The highest BCUT2D eigenvalue weighted by Gasteiger charge is 2.23. The molecule has 1 unspecified atom stereocenters. The van der Waals surface area contributed by atoms with Crippen molar-refractivity contribution < 1.29 is 4.74 Å². The van der Waals surface area contributed by atoms with Gasteiger partial charge in [-0.2, -0.15) is 0 Å². The molecule has 0 saturated carbocycles. The average Bonchev–Trinajstić information content (AvgIpc) is 2.39. The smallest absolute Gasteiger partial charge is 0.0469 e. The van der Waals surface area contributed by atoms with E-state index in [1.54, 1.807) is 0 Å². The number of hydrogen-bond acceptors (Lipinski definition) is 1. The molecule has 2 rings (SSSR count). The second-order valence-corrected chi connectivity index (χ2v) is 6.16. The van der Waals surface area contributed by atoms with E-state index in [1.807, 2.05) is 0 Å². The first-order valence-corrected chi connectivity index (χ1v) is 7.41.